The average Bonchev–Trinajstić information content (AvgIpc) is 2.66. The van der Waals surface area contributed by atoms with Gasteiger partial charge in [0.15, 0.2) is 0 Å². The zero-order valence-electron chi connectivity index (χ0n) is 10.7. The highest BCUT2D eigenvalue weighted by atomic mass is 19.4. The summed E-state index contributed by atoms with van der Waals surface area (Å²) in [5.74, 6) is -0.940. The molecule has 19 heavy (non-hydrogen) atoms. The summed E-state index contributed by atoms with van der Waals surface area (Å²) in [6, 6.07) is 6.26. The van der Waals surface area contributed by atoms with Gasteiger partial charge in [-0.15, -0.1) is 0 Å². The molecular weight excluding hydrogens is 255 g/mol. The second kappa shape index (κ2) is 3.98. The Bertz CT molecular complexity index is 669. The Morgan fingerprint density at radius 3 is 2.32 bits per heavy atom. The van der Waals surface area contributed by atoms with Gasteiger partial charge in [-0.25, -0.2) is 4.98 Å². The number of hydrogen-bond donors (Lipinski definition) is 0. The maximum atomic E-state index is 13.1. The first-order valence-corrected chi connectivity index (χ1v) is 5.65. The molecule has 0 atom stereocenters. The zero-order chi connectivity index (χ0) is 14.4. The number of halogens is 3. The Morgan fingerprint density at radius 2 is 1.84 bits per heavy atom. The van der Waals surface area contributed by atoms with Crippen LogP contribution in [-0.2, 0) is 11.7 Å². The van der Waals surface area contributed by atoms with Crippen molar-refractivity contribution in [3.8, 4) is 6.07 Å². The molecule has 0 bridgehead atoms. The van der Waals surface area contributed by atoms with E-state index in [1.165, 1.54) is 18.2 Å². The molecule has 0 saturated carbocycles. The van der Waals surface area contributed by atoms with Crippen molar-refractivity contribution < 1.29 is 13.2 Å². The van der Waals surface area contributed by atoms with Gasteiger partial charge in [0, 0.05) is 5.54 Å². The van der Waals surface area contributed by atoms with Gasteiger partial charge in [-0.2, -0.15) is 18.4 Å². The second-order valence-electron chi connectivity index (χ2n) is 5.25. The third-order valence-corrected chi connectivity index (χ3v) is 2.71. The van der Waals surface area contributed by atoms with E-state index in [-0.39, 0.29) is 5.52 Å². The maximum Gasteiger partial charge on any atom is 0.449 e. The fourth-order valence-corrected chi connectivity index (χ4v) is 2.02. The van der Waals surface area contributed by atoms with Gasteiger partial charge < -0.3 is 4.57 Å². The molecule has 0 spiro atoms. The van der Waals surface area contributed by atoms with E-state index < -0.39 is 17.5 Å². The summed E-state index contributed by atoms with van der Waals surface area (Å²) in [5, 5.41) is 8.79. The van der Waals surface area contributed by atoms with E-state index in [9.17, 15) is 13.2 Å². The van der Waals surface area contributed by atoms with Gasteiger partial charge in [0.05, 0.1) is 22.7 Å². The van der Waals surface area contributed by atoms with E-state index >= 15 is 0 Å². The third kappa shape index (κ3) is 2.28. The highest BCUT2D eigenvalue weighted by molar-refractivity contribution is 5.78. The number of alkyl halides is 3. The number of fused-ring (bicyclic) bond motifs is 1. The van der Waals surface area contributed by atoms with E-state index in [0.717, 1.165) is 4.57 Å². The van der Waals surface area contributed by atoms with Gasteiger partial charge in [-0.3, -0.25) is 0 Å². The minimum atomic E-state index is -4.53. The molecule has 0 aliphatic rings. The summed E-state index contributed by atoms with van der Waals surface area (Å²) in [7, 11) is 0. The Labute approximate surface area is 108 Å². The Morgan fingerprint density at radius 1 is 1.21 bits per heavy atom. The standard InChI is InChI=1S/C13H12F3N3/c1-12(2,3)19-10-5-4-8(7-17)6-9(10)18-11(19)13(14,15)16/h4-6H,1-3H3. The molecule has 0 unspecified atom stereocenters. The first-order chi connectivity index (χ1) is 8.64. The van der Waals surface area contributed by atoms with Crippen molar-refractivity contribution in [2.75, 3.05) is 0 Å². The van der Waals surface area contributed by atoms with Crippen LogP contribution < -0.4 is 0 Å². The number of benzene rings is 1. The molecule has 0 N–H and O–H groups in total. The van der Waals surface area contributed by atoms with Crippen LogP contribution in [0.3, 0.4) is 0 Å². The van der Waals surface area contributed by atoms with Crippen LogP contribution in [0.4, 0.5) is 13.2 Å². The Balaban J connectivity index is 2.86. The smallest absolute Gasteiger partial charge is 0.315 e. The largest absolute Gasteiger partial charge is 0.449 e. The van der Waals surface area contributed by atoms with Crippen molar-refractivity contribution >= 4 is 11.0 Å². The number of nitrogens with zero attached hydrogens (tertiary/aromatic N) is 3. The number of imidazole rings is 1. The summed E-state index contributed by atoms with van der Waals surface area (Å²) in [6.45, 7) is 5.05. The Hall–Kier alpha value is -2.03. The fourth-order valence-electron chi connectivity index (χ4n) is 2.02. The summed E-state index contributed by atoms with van der Waals surface area (Å²) in [6.07, 6.45) is -4.53. The van der Waals surface area contributed by atoms with Crippen LogP contribution in [0.2, 0.25) is 0 Å². The van der Waals surface area contributed by atoms with Crippen molar-refractivity contribution in [2.45, 2.75) is 32.5 Å². The molecule has 0 aliphatic carbocycles. The molecular formula is C13H12F3N3. The zero-order valence-corrected chi connectivity index (χ0v) is 10.7. The van der Waals surface area contributed by atoms with Crippen molar-refractivity contribution in [3.63, 3.8) is 0 Å². The highest BCUT2D eigenvalue weighted by Gasteiger charge is 2.40. The first kappa shape index (κ1) is 13.4. The molecule has 0 aliphatic heterocycles. The van der Waals surface area contributed by atoms with Crippen LogP contribution in [-0.4, -0.2) is 9.55 Å². The molecule has 0 radical (unpaired) electrons. The van der Waals surface area contributed by atoms with Crippen LogP contribution in [0.25, 0.3) is 11.0 Å². The molecule has 0 amide bonds. The van der Waals surface area contributed by atoms with E-state index in [4.69, 9.17) is 5.26 Å². The summed E-state index contributed by atoms with van der Waals surface area (Å²) < 4.78 is 40.3. The molecule has 6 heteroatoms. The summed E-state index contributed by atoms with van der Waals surface area (Å²) in [4.78, 5) is 3.65. The van der Waals surface area contributed by atoms with Gasteiger partial charge in [0.2, 0.25) is 5.82 Å². The minimum absolute atomic E-state index is 0.182. The summed E-state index contributed by atoms with van der Waals surface area (Å²) in [5.41, 5.74) is 0.0910. The van der Waals surface area contributed by atoms with Crippen molar-refractivity contribution in [1.29, 1.82) is 5.26 Å². The molecule has 0 fully saturated rings. The van der Waals surface area contributed by atoms with Crippen LogP contribution in [0.1, 0.15) is 32.2 Å². The molecule has 1 heterocycles. The van der Waals surface area contributed by atoms with Gasteiger partial charge in [-0.1, -0.05) is 0 Å². The monoisotopic (exact) mass is 267 g/mol. The van der Waals surface area contributed by atoms with Crippen LogP contribution >= 0.6 is 0 Å². The molecule has 2 rings (SSSR count). The van der Waals surface area contributed by atoms with Crippen LogP contribution in [0, 0.1) is 11.3 Å². The predicted octanol–water partition coefficient (Wildman–Crippen LogP) is 3.68. The van der Waals surface area contributed by atoms with E-state index in [1.807, 2.05) is 6.07 Å². The minimum Gasteiger partial charge on any atom is -0.315 e. The Kier molecular flexibility index (Phi) is 2.81. The third-order valence-electron chi connectivity index (χ3n) is 2.71. The van der Waals surface area contributed by atoms with Gasteiger partial charge in [0.25, 0.3) is 0 Å². The lowest BCUT2D eigenvalue weighted by molar-refractivity contribution is -0.148. The average molecular weight is 267 g/mol. The van der Waals surface area contributed by atoms with E-state index in [1.54, 1.807) is 20.8 Å². The lowest BCUT2D eigenvalue weighted by Crippen LogP contribution is -2.27. The lowest BCUT2D eigenvalue weighted by Gasteiger charge is -2.25. The van der Waals surface area contributed by atoms with Gasteiger partial charge >= 0.3 is 6.18 Å². The SMILES string of the molecule is CC(C)(C)n1c(C(F)(F)F)nc2cc(C#N)ccc21. The van der Waals surface area contributed by atoms with Crippen molar-refractivity contribution in [3.05, 3.63) is 29.6 Å². The molecule has 1 aromatic heterocycles. The number of aromatic nitrogens is 2. The van der Waals surface area contributed by atoms with Gasteiger partial charge in [-0.05, 0) is 39.0 Å². The molecule has 1 aromatic carbocycles. The van der Waals surface area contributed by atoms with Crippen molar-refractivity contribution in [1.82, 2.24) is 9.55 Å². The number of rotatable bonds is 0. The maximum absolute atomic E-state index is 13.1. The number of nitriles is 1. The molecule has 0 saturated heterocycles. The fraction of sp³-hybridized carbons (Fsp3) is 0.385. The molecule has 3 nitrogen and oxygen atoms in total. The lowest BCUT2D eigenvalue weighted by atomic mass is 10.1. The van der Waals surface area contributed by atoms with E-state index in [0.29, 0.717) is 11.1 Å². The first-order valence-electron chi connectivity index (χ1n) is 5.65. The van der Waals surface area contributed by atoms with Crippen molar-refractivity contribution in [2.24, 2.45) is 0 Å². The number of hydrogen-bond acceptors (Lipinski definition) is 2. The summed E-state index contributed by atoms with van der Waals surface area (Å²) >= 11 is 0. The quantitative estimate of drug-likeness (QED) is 0.730. The second-order valence-corrected chi connectivity index (χ2v) is 5.25. The van der Waals surface area contributed by atoms with Crippen LogP contribution in [0.15, 0.2) is 18.2 Å². The topological polar surface area (TPSA) is 41.6 Å². The van der Waals surface area contributed by atoms with E-state index in [2.05, 4.69) is 4.98 Å². The highest BCUT2D eigenvalue weighted by Crippen LogP contribution is 2.35. The van der Waals surface area contributed by atoms with Gasteiger partial charge in [0.1, 0.15) is 0 Å². The molecule has 100 valence electrons. The normalized spacial score (nSPS) is 12.7. The predicted molar refractivity (Wildman–Crippen MR) is 64.4 cm³/mol. The van der Waals surface area contributed by atoms with Crippen LogP contribution in [0.5, 0.6) is 0 Å². The molecule has 2 aromatic rings.